The van der Waals surface area contributed by atoms with E-state index in [4.69, 9.17) is 4.74 Å². The summed E-state index contributed by atoms with van der Waals surface area (Å²) in [6.45, 7) is 8.20. The van der Waals surface area contributed by atoms with Crippen LogP contribution in [0.1, 0.15) is 12.6 Å². The van der Waals surface area contributed by atoms with Crippen molar-refractivity contribution < 1.29 is 4.74 Å². The Labute approximate surface area is 109 Å². The van der Waals surface area contributed by atoms with Gasteiger partial charge in [-0.2, -0.15) is 5.10 Å². The minimum atomic E-state index is 0.336. The van der Waals surface area contributed by atoms with Gasteiger partial charge in [0, 0.05) is 45.8 Å². The van der Waals surface area contributed by atoms with E-state index in [1.54, 1.807) is 0 Å². The molecule has 1 saturated heterocycles. The number of nitrogens with zero attached hydrogens (tertiary/aromatic N) is 3. The summed E-state index contributed by atoms with van der Waals surface area (Å²) in [6, 6.07) is 2.07. The number of rotatable bonds is 6. The average Bonchev–Trinajstić information content (AvgIpc) is 2.81. The van der Waals surface area contributed by atoms with Crippen LogP contribution in [0.2, 0.25) is 0 Å². The van der Waals surface area contributed by atoms with E-state index in [-0.39, 0.29) is 0 Å². The lowest BCUT2D eigenvalue weighted by Crippen LogP contribution is -2.46. The van der Waals surface area contributed by atoms with E-state index in [1.807, 2.05) is 17.9 Å². The molecule has 0 amide bonds. The second-order valence-electron chi connectivity index (χ2n) is 4.82. The Morgan fingerprint density at radius 3 is 3.17 bits per heavy atom. The molecule has 2 rings (SSSR count). The van der Waals surface area contributed by atoms with Crippen molar-refractivity contribution in [3.05, 3.63) is 18.0 Å². The topological polar surface area (TPSA) is 42.3 Å². The Morgan fingerprint density at radius 2 is 2.44 bits per heavy atom. The van der Waals surface area contributed by atoms with Gasteiger partial charge < -0.3 is 10.1 Å². The monoisotopic (exact) mass is 252 g/mol. The van der Waals surface area contributed by atoms with Crippen LogP contribution in [0.4, 0.5) is 0 Å². The first-order valence-electron chi connectivity index (χ1n) is 6.81. The minimum Gasteiger partial charge on any atom is -0.374 e. The highest BCUT2D eigenvalue weighted by atomic mass is 16.5. The van der Waals surface area contributed by atoms with E-state index >= 15 is 0 Å². The lowest BCUT2D eigenvalue weighted by molar-refractivity contribution is -0.0251. The molecule has 5 heteroatoms. The van der Waals surface area contributed by atoms with Crippen LogP contribution >= 0.6 is 0 Å². The fraction of sp³-hybridized carbons (Fsp3) is 0.769. The lowest BCUT2D eigenvalue weighted by Gasteiger charge is -2.32. The fourth-order valence-corrected chi connectivity index (χ4v) is 2.27. The zero-order valence-corrected chi connectivity index (χ0v) is 11.4. The molecule has 2 heterocycles. The zero-order chi connectivity index (χ0) is 12.8. The van der Waals surface area contributed by atoms with Gasteiger partial charge in [0.25, 0.3) is 0 Å². The molecule has 1 atom stereocenters. The highest BCUT2D eigenvalue weighted by Crippen LogP contribution is 2.03. The summed E-state index contributed by atoms with van der Waals surface area (Å²) in [5.41, 5.74) is 1.14. The number of morpholine rings is 1. The van der Waals surface area contributed by atoms with E-state index < -0.39 is 0 Å². The van der Waals surface area contributed by atoms with Crippen LogP contribution in [0.5, 0.6) is 0 Å². The van der Waals surface area contributed by atoms with Crippen LogP contribution < -0.4 is 5.32 Å². The van der Waals surface area contributed by atoms with E-state index in [2.05, 4.69) is 28.3 Å². The Kier molecular flexibility index (Phi) is 5.16. The van der Waals surface area contributed by atoms with Gasteiger partial charge in [-0.05, 0) is 12.6 Å². The molecule has 0 saturated carbocycles. The van der Waals surface area contributed by atoms with E-state index in [0.717, 1.165) is 51.4 Å². The van der Waals surface area contributed by atoms with E-state index in [0.29, 0.717) is 6.10 Å². The molecule has 1 fully saturated rings. The van der Waals surface area contributed by atoms with Gasteiger partial charge in [-0.1, -0.05) is 6.92 Å². The van der Waals surface area contributed by atoms with E-state index in [9.17, 15) is 0 Å². The third-order valence-electron chi connectivity index (χ3n) is 3.37. The maximum absolute atomic E-state index is 5.74. The minimum absolute atomic E-state index is 0.336. The highest BCUT2D eigenvalue weighted by Gasteiger charge is 2.18. The summed E-state index contributed by atoms with van der Waals surface area (Å²) in [5, 5.41) is 7.81. The zero-order valence-electron chi connectivity index (χ0n) is 11.4. The summed E-state index contributed by atoms with van der Waals surface area (Å²) < 4.78 is 7.59. The third kappa shape index (κ3) is 4.08. The quantitative estimate of drug-likeness (QED) is 0.738. The fourth-order valence-electron chi connectivity index (χ4n) is 2.27. The van der Waals surface area contributed by atoms with Crippen molar-refractivity contribution in [3.8, 4) is 0 Å². The van der Waals surface area contributed by atoms with Crippen LogP contribution in [0, 0.1) is 0 Å². The SMILES string of the molecule is CCN1CCOC(CNCCc2ccn(C)n2)C1. The Hall–Kier alpha value is -0.910. The van der Waals surface area contributed by atoms with Crippen molar-refractivity contribution >= 4 is 0 Å². The molecule has 0 radical (unpaired) electrons. The van der Waals surface area contributed by atoms with Crippen LogP contribution in [-0.4, -0.2) is 60.1 Å². The number of likely N-dealkylation sites (N-methyl/N-ethyl adjacent to an activating group) is 1. The molecule has 1 unspecified atom stereocenters. The van der Waals surface area contributed by atoms with Crippen LogP contribution in [0.25, 0.3) is 0 Å². The van der Waals surface area contributed by atoms with Crippen molar-refractivity contribution in [3.63, 3.8) is 0 Å². The first-order chi connectivity index (χ1) is 8.78. The molecule has 1 aliphatic heterocycles. The normalized spacial score (nSPS) is 21.3. The molecule has 102 valence electrons. The summed E-state index contributed by atoms with van der Waals surface area (Å²) in [7, 11) is 1.95. The Bertz CT molecular complexity index is 353. The first kappa shape index (κ1) is 13.5. The molecular weight excluding hydrogens is 228 g/mol. The second-order valence-corrected chi connectivity index (χ2v) is 4.82. The molecule has 1 N–H and O–H groups in total. The maximum atomic E-state index is 5.74. The third-order valence-corrected chi connectivity index (χ3v) is 3.37. The molecule has 1 aromatic heterocycles. The number of hydrogen-bond donors (Lipinski definition) is 1. The number of aromatic nitrogens is 2. The first-order valence-corrected chi connectivity index (χ1v) is 6.81. The van der Waals surface area contributed by atoms with Gasteiger partial charge in [-0.25, -0.2) is 0 Å². The van der Waals surface area contributed by atoms with Crippen molar-refractivity contribution in [2.24, 2.45) is 7.05 Å². The van der Waals surface area contributed by atoms with Crippen molar-refractivity contribution in [1.82, 2.24) is 20.0 Å². The summed E-state index contributed by atoms with van der Waals surface area (Å²) in [6.07, 6.45) is 3.30. The number of aryl methyl sites for hydroxylation is 1. The van der Waals surface area contributed by atoms with E-state index in [1.165, 1.54) is 0 Å². The van der Waals surface area contributed by atoms with Crippen LogP contribution in [0.15, 0.2) is 12.3 Å². The largest absolute Gasteiger partial charge is 0.374 e. The predicted molar refractivity (Wildman–Crippen MR) is 71.6 cm³/mol. The molecule has 5 nitrogen and oxygen atoms in total. The molecule has 1 aliphatic rings. The van der Waals surface area contributed by atoms with Gasteiger partial charge in [-0.15, -0.1) is 0 Å². The van der Waals surface area contributed by atoms with Crippen LogP contribution in [0.3, 0.4) is 0 Å². The molecular formula is C13H24N4O. The number of ether oxygens (including phenoxy) is 1. The smallest absolute Gasteiger partial charge is 0.0826 e. The van der Waals surface area contributed by atoms with Gasteiger partial charge in [0.2, 0.25) is 0 Å². The predicted octanol–water partition coefficient (Wildman–Crippen LogP) is 0.273. The Balaban J connectivity index is 1.60. The Morgan fingerprint density at radius 1 is 1.56 bits per heavy atom. The molecule has 0 aromatic carbocycles. The summed E-state index contributed by atoms with van der Waals surface area (Å²) in [5.74, 6) is 0. The maximum Gasteiger partial charge on any atom is 0.0826 e. The molecule has 0 bridgehead atoms. The van der Waals surface area contributed by atoms with Crippen molar-refractivity contribution in [1.29, 1.82) is 0 Å². The van der Waals surface area contributed by atoms with Gasteiger partial charge in [0.1, 0.15) is 0 Å². The molecule has 18 heavy (non-hydrogen) atoms. The number of hydrogen-bond acceptors (Lipinski definition) is 4. The van der Waals surface area contributed by atoms with Crippen molar-refractivity contribution in [2.45, 2.75) is 19.4 Å². The highest BCUT2D eigenvalue weighted by molar-refractivity contribution is 4.98. The second kappa shape index (κ2) is 6.87. The van der Waals surface area contributed by atoms with Gasteiger partial charge in [0.05, 0.1) is 18.4 Å². The number of nitrogens with one attached hydrogen (secondary N) is 1. The standard InChI is InChI=1S/C13H24N4O/c1-3-17-8-9-18-13(11-17)10-14-6-4-12-5-7-16(2)15-12/h5,7,13-14H,3-4,6,8-11H2,1-2H3. The van der Waals surface area contributed by atoms with Crippen LogP contribution in [-0.2, 0) is 18.2 Å². The molecule has 0 spiro atoms. The summed E-state index contributed by atoms with van der Waals surface area (Å²) in [4.78, 5) is 2.44. The summed E-state index contributed by atoms with van der Waals surface area (Å²) >= 11 is 0. The van der Waals surface area contributed by atoms with Gasteiger partial charge >= 0.3 is 0 Å². The van der Waals surface area contributed by atoms with Gasteiger partial charge in [0.15, 0.2) is 0 Å². The van der Waals surface area contributed by atoms with Gasteiger partial charge in [-0.3, -0.25) is 9.58 Å². The lowest BCUT2D eigenvalue weighted by atomic mass is 10.2. The average molecular weight is 252 g/mol. The molecule has 1 aromatic rings. The van der Waals surface area contributed by atoms with Crippen molar-refractivity contribution in [2.75, 3.05) is 39.3 Å². The molecule has 0 aliphatic carbocycles.